The Morgan fingerprint density at radius 2 is 1.88 bits per heavy atom. The van der Waals surface area contributed by atoms with E-state index in [-0.39, 0.29) is 29.6 Å². The Kier molecular flexibility index (Phi) is 7.39. The maximum absolute atomic E-state index is 13.3. The molecule has 2 heterocycles. The number of anilines is 1. The normalized spacial score (nSPS) is 10.9. The van der Waals surface area contributed by atoms with Crippen LogP contribution in [0.25, 0.3) is 16.6 Å². The molecule has 1 amide bonds. The fourth-order valence-electron chi connectivity index (χ4n) is 3.22. The van der Waals surface area contributed by atoms with Crippen LogP contribution >= 0.6 is 23.1 Å². The van der Waals surface area contributed by atoms with Crippen molar-refractivity contribution in [2.45, 2.75) is 25.4 Å². The van der Waals surface area contributed by atoms with E-state index in [1.54, 1.807) is 30.5 Å². The quantitative estimate of drug-likeness (QED) is 0.224. The average molecular weight is 495 g/mol. The number of ether oxygens (including phenoxy) is 1. The fraction of sp³-hybridized carbons (Fsp3) is 0.208. The lowest BCUT2D eigenvalue weighted by Crippen LogP contribution is -2.23. The molecule has 0 spiro atoms. The SMILES string of the molecule is CCOC(=O)Cc1csc(NC(=O)CSc2nc3ccccc3c(=O)n2-c2ccc(C)cc2)n1. The number of fused-ring (bicyclic) bond motifs is 1. The van der Waals surface area contributed by atoms with Crippen molar-refractivity contribution in [2.75, 3.05) is 17.7 Å². The molecular weight excluding hydrogens is 472 g/mol. The Bertz CT molecular complexity index is 1400. The third kappa shape index (κ3) is 5.52. The summed E-state index contributed by atoms with van der Waals surface area (Å²) >= 11 is 2.40. The van der Waals surface area contributed by atoms with Crippen LogP contribution in [0.4, 0.5) is 5.13 Å². The minimum Gasteiger partial charge on any atom is -0.466 e. The summed E-state index contributed by atoms with van der Waals surface area (Å²) in [4.78, 5) is 46.4. The van der Waals surface area contributed by atoms with Gasteiger partial charge < -0.3 is 10.1 Å². The predicted octanol–water partition coefficient (Wildman–Crippen LogP) is 3.99. The van der Waals surface area contributed by atoms with Gasteiger partial charge in [0.05, 0.1) is 41.1 Å². The van der Waals surface area contributed by atoms with E-state index in [1.807, 2.05) is 37.3 Å². The topological polar surface area (TPSA) is 103 Å². The number of nitrogens with zero attached hydrogens (tertiary/aromatic N) is 3. The molecule has 2 aromatic carbocycles. The van der Waals surface area contributed by atoms with E-state index in [2.05, 4.69) is 15.3 Å². The lowest BCUT2D eigenvalue weighted by Gasteiger charge is -2.13. The molecule has 0 aliphatic heterocycles. The number of esters is 1. The first kappa shape index (κ1) is 23.7. The maximum Gasteiger partial charge on any atom is 0.311 e. The molecule has 8 nitrogen and oxygen atoms in total. The van der Waals surface area contributed by atoms with Gasteiger partial charge in [-0.2, -0.15) is 0 Å². The molecule has 2 aromatic heterocycles. The number of nitrogens with one attached hydrogen (secondary N) is 1. The van der Waals surface area contributed by atoms with Crippen LogP contribution in [0.5, 0.6) is 0 Å². The molecule has 0 fully saturated rings. The van der Waals surface area contributed by atoms with E-state index >= 15 is 0 Å². The van der Waals surface area contributed by atoms with Crippen molar-refractivity contribution in [3.05, 3.63) is 75.5 Å². The van der Waals surface area contributed by atoms with Crippen LogP contribution < -0.4 is 10.9 Å². The summed E-state index contributed by atoms with van der Waals surface area (Å²) in [7, 11) is 0. The first-order valence-corrected chi connectivity index (χ1v) is 12.4. The van der Waals surface area contributed by atoms with E-state index in [4.69, 9.17) is 4.74 Å². The van der Waals surface area contributed by atoms with Crippen molar-refractivity contribution in [1.82, 2.24) is 14.5 Å². The van der Waals surface area contributed by atoms with Gasteiger partial charge in [-0.15, -0.1) is 11.3 Å². The van der Waals surface area contributed by atoms with E-state index in [9.17, 15) is 14.4 Å². The lowest BCUT2D eigenvalue weighted by atomic mass is 10.2. The molecule has 1 N–H and O–H groups in total. The standard InChI is InChI=1S/C24H22N4O4S2/c1-3-32-21(30)12-16-13-33-23(25-16)27-20(29)14-34-24-26-19-7-5-4-6-18(19)22(31)28(24)17-10-8-15(2)9-11-17/h4-11,13H,3,12,14H2,1-2H3,(H,25,27,29). The van der Waals surface area contributed by atoms with Crippen LogP contribution in [-0.4, -0.2) is 38.8 Å². The average Bonchev–Trinajstić information content (AvgIpc) is 3.25. The molecular formula is C24H22N4O4S2. The van der Waals surface area contributed by atoms with E-state index in [1.165, 1.54) is 27.7 Å². The van der Waals surface area contributed by atoms with Crippen molar-refractivity contribution in [3.8, 4) is 5.69 Å². The zero-order chi connectivity index (χ0) is 24.1. The van der Waals surface area contributed by atoms with Crippen molar-refractivity contribution in [1.29, 1.82) is 0 Å². The Morgan fingerprint density at radius 1 is 1.12 bits per heavy atom. The monoisotopic (exact) mass is 494 g/mol. The van der Waals surface area contributed by atoms with E-state index < -0.39 is 0 Å². The second-order valence-corrected chi connectivity index (χ2v) is 9.15. The van der Waals surface area contributed by atoms with Crippen LogP contribution in [0, 0.1) is 6.92 Å². The Morgan fingerprint density at radius 3 is 2.65 bits per heavy atom. The zero-order valence-electron chi connectivity index (χ0n) is 18.6. The number of benzene rings is 2. The number of rotatable bonds is 8. The lowest BCUT2D eigenvalue weighted by molar-refractivity contribution is -0.142. The number of carbonyl (C=O) groups is 2. The highest BCUT2D eigenvalue weighted by molar-refractivity contribution is 7.99. The first-order chi connectivity index (χ1) is 16.4. The minimum atomic E-state index is -0.363. The number of para-hydroxylation sites is 1. The number of thioether (sulfide) groups is 1. The molecule has 10 heteroatoms. The minimum absolute atomic E-state index is 0.0312. The molecule has 0 bridgehead atoms. The Balaban J connectivity index is 1.53. The van der Waals surface area contributed by atoms with Crippen LogP contribution in [-0.2, 0) is 20.7 Å². The van der Waals surface area contributed by atoms with Crippen molar-refractivity contribution in [3.63, 3.8) is 0 Å². The summed E-state index contributed by atoms with van der Waals surface area (Å²) in [6.45, 7) is 4.02. The molecule has 0 saturated heterocycles. The molecule has 4 rings (SSSR count). The van der Waals surface area contributed by atoms with Crippen LogP contribution in [0.15, 0.2) is 63.9 Å². The molecule has 0 radical (unpaired) electrons. The highest BCUT2D eigenvalue weighted by Crippen LogP contribution is 2.23. The van der Waals surface area contributed by atoms with Crippen LogP contribution in [0.2, 0.25) is 0 Å². The van der Waals surface area contributed by atoms with Gasteiger partial charge in [-0.1, -0.05) is 41.6 Å². The molecule has 0 aliphatic carbocycles. The number of aryl methyl sites for hydroxylation is 1. The van der Waals surface area contributed by atoms with Gasteiger partial charge in [0.25, 0.3) is 5.56 Å². The molecule has 174 valence electrons. The molecule has 34 heavy (non-hydrogen) atoms. The number of aromatic nitrogens is 3. The van der Waals surface area contributed by atoms with Gasteiger partial charge in [0.15, 0.2) is 10.3 Å². The summed E-state index contributed by atoms with van der Waals surface area (Å²) in [6, 6.07) is 14.7. The van der Waals surface area contributed by atoms with Gasteiger partial charge in [-0.3, -0.25) is 19.0 Å². The second kappa shape index (κ2) is 10.6. The molecule has 4 aromatic rings. The molecule has 0 aliphatic rings. The van der Waals surface area contributed by atoms with Gasteiger partial charge in [0, 0.05) is 5.38 Å². The van der Waals surface area contributed by atoms with Crippen LogP contribution in [0.3, 0.4) is 0 Å². The largest absolute Gasteiger partial charge is 0.466 e. The maximum atomic E-state index is 13.3. The Hall–Kier alpha value is -3.50. The van der Waals surface area contributed by atoms with Crippen molar-refractivity contribution < 1.29 is 14.3 Å². The third-order valence-electron chi connectivity index (χ3n) is 4.80. The summed E-state index contributed by atoms with van der Waals surface area (Å²) in [5, 5.41) is 5.77. The van der Waals surface area contributed by atoms with Crippen LogP contribution in [0.1, 0.15) is 18.2 Å². The number of hydrogen-bond donors (Lipinski definition) is 1. The van der Waals surface area contributed by atoms with Crippen molar-refractivity contribution >= 4 is 51.0 Å². The summed E-state index contributed by atoms with van der Waals surface area (Å²) in [5.74, 6) is -0.624. The van der Waals surface area contributed by atoms with E-state index in [0.717, 1.165) is 5.56 Å². The molecule has 0 unspecified atom stereocenters. The number of amides is 1. The third-order valence-corrected chi connectivity index (χ3v) is 6.54. The molecule has 0 atom stereocenters. The van der Waals surface area contributed by atoms with Gasteiger partial charge in [-0.05, 0) is 38.1 Å². The smallest absolute Gasteiger partial charge is 0.311 e. The van der Waals surface area contributed by atoms with Gasteiger partial charge in [-0.25, -0.2) is 9.97 Å². The second-order valence-electron chi connectivity index (χ2n) is 7.35. The van der Waals surface area contributed by atoms with E-state index in [0.29, 0.717) is 39.2 Å². The van der Waals surface area contributed by atoms with Gasteiger partial charge in [0.2, 0.25) is 5.91 Å². The fourth-order valence-corrected chi connectivity index (χ4v) is 4.76. The summed E-state index contributed by atoms with van der Waals surface area (Å²) < 4.78 is 6.45. The molecule has 0 saturated carbocycles. The first-order valence-electron chi connectivity index (χ1n) is 10.6. The van der Waals surface area contributed by atoms with Crippen molar-refractivity contribution in [2.24, 2.45) is 0 Å². The highest BCUT2D eigenvalue weighted by atomic mass is 32.2. The number of hydrogen-bond acceptors (Lipinski definition) is 8. The summed E-state index contributed by atoms with van der Waals surface area (Å²) in [6.07, 6.45) is 0.0544. The van der Waals surface area contributed by atoms with Gasteiger partial charge >= 0.3 is 5.97 Å². The predicted molar refractivity (Wildman–Crippen MR) is 134 cm³/mol. The Labute approximate surface area is 204 Å². The highest BCUT2D eigenvalue weighted by Gasteiger charge is 2.16. The summed E-state index contributed by atoms with van der Waals surface area (Å²) in [5.41, 5.74) is 2.67. The van der Waals surface area contributed by atoms with Gasteiger partial charge in [0.1, 0.15) is 0 Å². The number of thiazole rings is 1. The number of carbonyl (C=O) groups excluding carboxylic acids is 2. The zero-order valence-corrected chi connectivity index (χ0v) is 20.2.